The Hall–Kier alpha value is -0.450. The first-order chi connectivity index (χ1) is 6.79. The fraction of sp³-hybridized carbons (Fsp3) is 0.455. The maximum Gasteiger partial charge on any atom is 0.135 e. The minimum Gasteiger partial charge on any atom is -0.496 e. The fourth-order valence-electron chi connectivity index (χ4n) is 1.39. The van der Waals surface area contributed by atoms with Gasteiger partial charge in [0.05, 0.1) is 16.8 Å². The molecule has 0 saturated heterocycles. The normalized spacial score (nSPS) is 16.1. The number of methoxy groups -OCH3 is 1. The minimum atomic E-state index is 0.430. The van der Waals surface area contributed by atoms with E-state index in [1.165, 1.54) is 19.3 Å². The molecule has 14 heavy (non-hydrogen) atoms. The lowest BCUT2D eigenvalue weighted by molar-refractivity contribution is 0.120. The van der Waals surface area contributed by atoms with Crippen molar-refractivity contribution < 1.29 is 9.47 Å². The molecule has 0 atom stereocenters. The second kappa shape index (κ2) is 4.38. The van der Waals surface area contributed by atoms with E-state index in [4.69, 9.17) is 9.47 Å². The summed E-state index contributed by atoms with van der Waals surface area (Å²) in [4.78, 5) is 0. The van der Waals surface area contributed by atoms with Gasteiger partial charge < -0.3 is 9.47 Å². The first-order valence-electron chi connectivity index (χ1n) is 4.80. The standard InChI is InChI=1S/C11H13IO2/c1-13-11-7-9(5-6-10(11)12)14-8-3-2-4-8/h5-8H,2-4H2,1H3. The molecule has 0 heterocycles. The molecule has 0 N–H and O–H groups in total. The van der Waals surface area contributed by atoms with Crippen LogP contribution in [0.2, 0.25) is 0 Å². The van der Waals surface area contributed by atoms with E-state index >= 15 is 0 Å². The second-order valence-electron chi connectivity index (χ2n) is 3.47. The largest absolute Gasteiger partial charge is 0.496 e. The first-order valence-corrected chi connectivity index (χ1v) is 5.87. The smallest absolute Gasteiger partial charge is 0.135 e. The Morgan fingerprint density at radius 3 is 2.71 bits per heavy atom. The van der Waals surface area contributed by atoms with Crippen LogP contribution in [0.4, 0.5) is 0 Å². The van der Waals surface area contributed by atoms with Crippen LogP contribution in [0.15, 0.2) is 18.2 Å². The van der Waals surface area contributed by atoms with Crippen LogP contribution in [-0.4, -0.2) is 13.2 Å². The highest BCUT2D eigenvalue weighted by atomic mass is 127. The number of hydrogen-bond acceptors (Lipinski definition) is 2. The van der Waals surface area contributed by atoms with E-state index in [9.17, 15) is 0 Å². The molecule has 1 aromatic rings. The molecule has 1 saturated carbocycles. The Morgan fingerprint density at radius 2 is 2.14 bits per heavy atom. The SMILES string of the molecule is COc1cc(OC2CCC2)ccc1I. The summed E-state index contributed by atoms with van der Waals surface area (Å²) < 4.78 is 12.1. The van der Waals surface area contributed by atoms with E-state index in [-0.39, 0.29) is 0 Å². The number of hydrogen-bond donors (Lipinski definition) is 0. The highest BCUT2D eigenvalue weighted by Gasteiger charge is 2.19. The summed E-state index contributed by atoms with van der Waals surface area (Å²) in [6, 6.07) is 5.98. The van der Waals surface area contributed by atoms with Crippen molar-refractivity contribution in [3.05, 3.63) is 21.8 Å². The maximum absolute atomic E-state index is 5.76. The molecule has 0 aromatic heterocycles. The predicted octanol–water partition coefficient (Wildman–Crippen LogP) is 3.23. The molecule has 1 aromatic carbocycles. The van der Waals surface area contributed by atoms with E-state index in [2.05, 4.69) is 22.6 Å². The summed E-state index contributed by atoms with van der Waals surface area (Å²) in [5, 5.41) is 0. The topological polar surface area (TPSA) is 18.5 Å². The van der Waals surface area contributed by atoms with Crippen LogP contribution < -0.4 is 9.47 Å². The molecular weight excluding hydrogens is 291 g/mol. The first kappa shape index (κ1) is 10.1. The van der Waals surface area contributed by atoms with Gasteiger partial charge in [-0.15, -0.1) is 0 Å². The Kier molecular flexibility index (Phi) is 3.15. The summed E-state index contributed by atoms with van der Waals surface area (Å²) in [7, 11) is 1.69. The van der Waals surface area contributed by atoms with Gasteiger partial charge in [-0.1, -0.05) is 0 Å². The van der Waals surface area contributed by atoms with Gasteiger partial charge in [-0.05, 0) is 54.0 Å². The molecule has 0 unspecified atom stereocenters. The van der Waals surface area contributed by atoms with Crippen LogP contribution in [-0.2, 0) is 0 Å². The average molecular weight is 304 g/mol. The van der Waals surface area contributed by atoms with Crippen molar-refractivity contribution in [2.75, 3.05) is 7.11 Å². The quantitative estimate of drug-likeness (QED) is 0.798. The third-order valence-corrected chi connectivity index (χ3v) is 3.37. The maximum atomic E-state index is 5.76. The Balaban J connectivity index is 2.09. The van der Waals surface area contributed by atoms with Gasteiger partial charge in [0.25, 0.3) is 0 Å². The zero-order valence-electron chi connectivity index (χ0n) is 8.13. The van der Waals surface area contributed by atoms with E-state index in [0.717, 1.165) is 15.1 Å². The molecule has 2 rings (SSSR count). The van der Waals surface area contributed by atoms with Crippen molar-refractivity contribution in [2.45, 2.75) is 25.4 Å². The monoisotopic (exact) mass is 304 g/mol. The van der Waals surface area contributed by atoms with Gasteiger partial charge in [0.2, 0.25) is 0 Å². The molecule has 76 valence electrons. The second-order valence-corrected chi connectivity index (χ2v) is 4.63. The summed E-state index contributed by atoms with van der Waals surface area (Å²) in [6.07, 6.45) is 4.11. The molecule has 1 fully saturated rings. The van der Waals surface area contributed by atoms with E-state index in [1.54, 1.807) is 7.11 Å². The van der Waals surface area contributed by atoms with Gasteiger partial charge in [0.1, 0.15) is 11.5 Å². The van der Waals surface area contributed by atoms with Gasteiger partial charge in [0.15, 0.2) is 0 Å². The van der Waals surface area contributed by atoms with Crippen LogP contribution in [0.3, 0.4) is 0 Å². The molecule has 1 aliphatic carbocycles. The molecule has 1 aliphatic rings. The highest BCUT2D eigenvalue weighted by molar-refractivity contribution is 14.1. The Labute approximate surface area is 97.7 Å². The Morgan fingerprint density at radius 1 is 1.36 bits per heavy atom. The van der Waals surface area contributed by atoms with Crippen molar-refractivity contribution in [3.63, 3.8) is 0 Å². The molecule has 2 nitrogen and oxygen atoms in total. The minimum absolute atomic E-state index is 0.430. The zero-order chi connectivity index (χ0) is 9.97. The van der Waals surface area contributed by atoms with Crippen molar-refractivity contribution in [1.82, 2.24) is 0 Å². The number of ether oxygens (including phenoxy) is 2. The molecule has 0 amide bonds. The predicted molar refractivity (Wildman–Crippen MR) is 64.0 cm³/mol. The number of rotatable bonds is 3. The molecule has 3 heteroatoms. The van der Waals surface area contributed by atoms with Crippen molar-refractivity contribution in [1.29, 1.82) is 0 Å². The molecule has 0 aliphatic heterocycles. The third kappa shape index (κ3) is 2.13. The van der Waals surface area contributed by atoms with Crippen molar-refractivity contribution in [3.8, 4) is 11.5 Å². The average Bonchev–Trinajstić information content (AvgIpc) is 2.14. The number of benzene rings is 1. The summed E-state index contributed by atoms with van der Waals surface area (Å²) in [6.45, 7) is 0. The summed E-state index contributed by atoms with van der Waals surface area (Å²) in [5.74, 6) is 1.81. The van der Waals surface area contributed by atoms with Gasteiger partial charge >= 0.3 is 0 Å². The number of halogens is 1. The van der Waals surface area contributed by atoms with Crippen LogP contribution in [0.5, 0.6) is 11.5 Å². The molecular formula is C11H13IO2. The summed E-state index contributed by atoms with van der Waals surface area (Å²) >= 11 is 2.25. The fourth-order valence-corrected chi connectivity index (χ4v) is 1.95. The van der Waals surface area contributed by atoms with E-state index < -0.39 is 0 Å². The lowest BCUT2D eigenvalue weighted by atomic mass is 9.96. The van der Waals surface area contributed by atoms with E-state index in [0.29, 0.717) is 6.10 Å². The van der Waals surface area contributed by atoms with Gasteiger partial charge in [-0.25, -0.2) is 0 Å². The summed E-state index contributed by atoms with van der Waals surface area (Å²) in [5.41, 5.74) is 0. The van der Waals surface area contributed by atoms with Gasteiger partial charge in [-0.2, -0.15) is 0 Å². The van der Waals surface area contributed by atoms with E-state index in [1.807, 2.05) is 18.2 Å². The molecule has 0 bridgehead atoms. The van der Waals surface area contributed by atoms with Crippen LogP contribution in [0.25, 0.3) is 0 Å². The molecule has 0 spiro atoms. The van der Waals surface area contributed by atoms with Crippen LogP contribution in [0, 0.1) is 3.57 Å². The van der Waals surface area contributed by atoms with Gasteiger partial charge in [-0.3, -0.25) is 0 Å². The van der Waals surface area contributed by atoms with Crippen molar-refractivity contribution >= 4 is 22.6 Å². The van der Waals surface area contributed by atoms with Crippen LogP contribution >= 0.6 is 22.6 Å². The van der Waals surface area contributed by atoms with Crippen LogP contribution in [0.1, 0.15) is 19.3 Å². The highest BCUT2D eigenvalue weighted by Crippen LogP contribution is 2.29. The third-order valence-electron chi connectivity index (χ3n) is 2.48. The van der Waals surface area contributed by atoms with Gasteiger partial charge in [0, 0.05) is 6.07 Å². The lowest BCUT2D eigenvalue weighted by Crippen LogP contribution is -2.24. The lowest BCUT2D eigenvalue weighted by Gasteiger charge is -2.26. The Bertz CT molecular complexity index is 321. The zero-order valence-corrected chi connectivity index (χ0v) is 10.3. The van der Waals surface area contributed by atoms with Crippen molar-refractivity contribution in [2.24, 2.45) is 0 Å². The molecule has 0 radical (unpaired) electrons.